The Morgan fingerprint density at radius 2 is 2.27 bits per heavy atom. The van der Waals surface area contributed by atoms with Crippen molar-refractivity contribution >= 4 is 22.5 Å². The first-order valence-electron chi connectivity index (χ1n) is 4.89. The molecule has 1 N–H and O–H groups in total. The van der Waals surface area contributed by atoms with Crippen LogP contribution >= 0.6 is 11.6 Å². The molecule has 0 saturated carbocycles. The summed E-state index contributed by atoms with van der Waals surface area (Å²) in [5.74, 6) is 0.720. The number of hydrogen-bond donors (Lipinski definition) is 1. The lowest BCUT2D eigenvalue weighted by molar-refractivity contribution is 0.837. The SMILES string of the molecule is CCCc1nc2cc(Cl)ccc2c(=O)[nH]1. The van der Waals surface area contributed by atoms with Crippen molar-refractivity contribution in [3.63, 3.8) is 0 Å². The van der Waals surface area contributed by atoms with Crippen LogP contribution in [0.2, 0.25) is 5.02 Å². The monoisotopic (exact) mass is 222 g/mol. The number of halogens is 1. The Bertz CT molecular complexity index is 548. The van der Waals surface area contributed by atoms with Gasteiger partial charge in [0, 0.05) is 11.4 Å². The van der Waals surface area contributed by atoms with E-state index in [1.54, 1.807) is 18.2 Å². The molecule has 15 heavy (non-hydrogen) atoms. The summed E-state index contributed by atoms with van der Waals surface area (Å²) in [6.45, 7) is 2.04. The summed E-state index contributed by atoms with van der Waals surface area (Å²) in [5.41, 5.74) is 0.565. The third kappa shape index (κ3) is 2.02. The van der Waals surface area contributed by atoms with Crippen LogP contribution in [-0.4, -0.2) is 9.97 Å². The Morgan fingerprint density at radius 1 is 1.47 bits per heavy atom. The van der Waals surface area contributed by atoms with Crippen LogP contribution < -0.4 is 5.56 Å². The van der Waals surface area contributed by atoms with Crippen LogP contribution in [0.25, 0.3) is 10.9 Å². The molecule has 0 spiro atoms. The molecule has 0 amide bonds. The van der Waals surface area contributed by atoms with E-state index in [0.717, 1.165) is 18.7 Å². The molecule has 0 atom stereocenters. The molecule has 1 aromatic carbocycles. The predicted molar refractivity (Wildman–Crippen MR) is 61.4 cm³/mol. The van der Waals surface area contributed by atoms with Crippen molar-refractivity contribution in [3.05, 3.63) is 39.4 Å². The number of H-pyrrole nitrogens is 1. The van der Waals surface area contributed by atoms with Gasteiger partial charge in [0.15, 0.2) is 0 Å². The molecule has 1 aromatic heterocycles. The van der Waals surface area contributed by atoms with Gasteiger partial charge in [0.25, 0.3) is 5.56 Å². The quantitative estimate of drug-likeness (QED) is 0.849. The number of hydrogen-bond acceptors (Lipinski definition) is 2. The molecular formula is C11H11ClN2O. The third-order valence-electron chi connectivity index (χ3n) is 2.20. The van der Waals surface area contributed by atoms with Crippen LogP contribution in [0.3, 0.4) is 0 Å². The van der Waals surface area contributed by atoms with Crippen molar-refractivity contribution in [1.82, 2.24) is 9.97 Å². The van der Waals surface area contributed by atoms with Crippen molar-refractivity contribution in [2.24, 2.45) is 0 Å². The first kappa shape index (κ1) is 10.2. The van der Waals surface area contributed by atoms with Gasteiger partial charge in [-0.15, -0.1) is 0 Å². The van der Waals surface area contributed by atoms with E-state index in [1.165, 1.54) is 0 Å². The lowest BCUT2D eigenvalue weighted by atomic mass is 10.2. The average Bonchev–Trinajstić information content (AvgIpc) is 2.17. The summed E-state index contributed by atoms with van der Waals surface area (Å²) in [7, 11) is 0. The van der Waals surface area contributed by atoms with Crippen LogP contribution in [-0.2, 0) is 6.42 Å². The summed E-state index contributed by atoms with van der Waals surface area (Å²) in [5, 5.41) is 1.18. The highest BCUT2D eigenvalue weighted by Crippen LogP contribution is 2.14. The van der Waals surface area contributed by atoms with Crippen molar-refractivity contribution in [2.45, 2.75) is 19.8 Å². The number of aryl methyl sites for hydroxylation is 1. The molecule has 2 rings (SSSR count). The minimum atomic E-state index is -0.0971. The van der Waals surface area contributed by atoms with Crippen molar-refractivity contribution < 1.29 is 0 Å². The van der Waals surface area contributed by atoms with Crippen LogP contribution in [0.1, 0.15) is 19.2 Å². The van der Waals surface area contributed by atoms with Gasteiger partial charge in [-0.1, -0.05) is 18.5 Å². The molecule has 0 saturated heterocycles. The number of aromatic nitrogens is 2. The van der Waals surface area contributed by atoms with Gasteiger partial charge in [-0.3, -0.25) is 4.79 Å². The number of rotatable bonds is 2. The van der Waals surface area contributed by atoms with E-state index >= 15 is 0 Å². The van der Waals surface area contributed by atoms with E-state index in [4.69, 9.17) is 11.6 Å². The van der Waals surface area contributed by atoms with Crippen LogP contribution in [0.5, 0.6) is 0 Å². The maximum atomic E-state index is 11.6. The topological polar surface area (TPSA) is 45.8 Å². The highest BCUT2D eigenvalue weighted by molar-refractivity contribution is 6.31. The molecule has 2 aromatic rings. The Labute approximate surface area is 92.1 Å². The van der Waals surface area contributed by atoms with E-state index in [0.29, 0.717) is 15.9 Å². The molecule has 0 aliphatic carbocycles. The molecule has 0 radical (unpaired) electrons. The van der Waals surface area contributed by atoms with Gasteiger partial charge in [-0.2, -0.15) is 0 Å². The molecular weight excluding hydrogens is 212 g/mol. The summed E-state index contributed by atoms with van der Waals surface area (Å²) in [6.07, 6.45) is 1.73. The Hall–Kier alpha value is -1.35. The van der Waals surface area contributed by atoms with Gasteiger partial charge >= 0.3 is 0 Å². The number of aromatic amines is 1. The first-order valence-corrected chi connectivity index (χ1v) is 5.27. The third-order valence-corrected chi connectivity index (χ3v) is 2.44. The standard InChI is InChI=1S/C11H11ClN2O/c1-2-3-10-13-9-6-7(12)4-5-8(9)11(15)14-10/h4-6H,2-3H2,1H3,(H,13,14,15). The number of benzene rings is 1. The minimum absolute atomic E-state index is 0.0971. The molecule has 0 aliphatic rings. The minimum Gasteiger partial charge on any atom is -0.310 e. The molecule has 0 unspecified atom stereocenters. The first-order chi connectivity index (χ1) is 7.20. The smallest absolute Gasteiger partial charge is 0.258 e. The molecule has 78 valence electrons. The molecule has 0 aliphatic heterocycles. The lowest BCUT2D eigenvalue weighted by Crippen LogP contribution is -2.11. The van der Waals surface area contributed by atoms with E-state index in [2.05, 4.69) is 9.97 Å². The normalized spacial score (nSPS) is 10.8. The maximum Gasteiger partial charge on any atom is 0.258 e. The number of nitrogens with zero attached hydrogens (tertiary/aromatic N) is 1. The highest BCUT2D eigenvalue weighted by atomic mass is 35.5. The molecule has 0 fully saturated rings. The van der Waals surface area contributed by atoms with Crippen LogP contribution in [0.4, 0.5) is 0 Å². The van der Waals surface area contributed by atoms with Crippen molar-refractivity contribution in [2.75, 3.05) is 0 Å². The Balaban J connectivity index is 2.68. The fourth-order valence-corrected chi connectivity index (χ4v) is 1.68. The highest BCUT2D eigenvalue weighted by Gasteiger charge is 2.03. The zero-order chi connectivity index (χ0) is 10.8. The average molecular weight is 223 g/mol. The largest absolute Gasteiger partial charge is 0.310 e. The summed E-state index contributed by atoms with van der Waals surface area (Å²) >= 11 is 5.85. The maximum absolute atomic E-state index is 11.6. The van der Waals surface area contributed by atoms with Gasteiger partial charge in [-0.05, 0) is 24.6 Å². The number of nitrogens with one attached hydrogen (secondary N) is 1. The van der Waals surface area contributed by atoms with Gasteiger partial charge in [-0.25, -0.2) is 4.98 Å². The second-order valence-electron chi connectivity index (χ2n) is 3.42. The van der Waals surface area contributed by atoms with Crippen molar-refractivity contribution in [1.29, 1.82) is 0 Å². The molecule has 4 heteroatoms. The van der Waals surface area contributed by atoms with Gasteiger partial charge < -0.3 is 4.98 Å². The van der Waals surface area contributed by atoms with E-state index in [-0.39, 0.29) is 5.56 Å². The molecule has 3 nitrogen and oxygen atoms in total. The molecule has 1 heterocycles. The van der Waals surface area contributed by atoms with Gasteiger partial charge in [0.1, 0.15) is 5.82 Å². The fourth-order valence-electron chi connectivity index (χ4n) is 1.52. The molecule has 0 bridgehead atoms. The number of fused-ring (bicyclic) bond motifs is 1. The van der Waals surface area contributed by atoms with Crippen LogP contribution in [0, 0.1) is 0 Å². The second-order valence-corrected chi connectivity index (χ2v) is 3.86. The zero-order valence-corrected chi connectivity index (χ0v) is 9.14. The van der Waals surface area contributed by atoms with Crippen LogP contribution in [0.15, 0.2) is 23.0 Å². The van der Waals surface area contributed by atoms with Crippen molar-refractivity contribution in [3.8, 4) is 0 Å². The van der Waals surface area contributed by atoms with Gasteiger partial charge in [0.05, 0.1) is 10.9 Å². The lowest BCUT2D eigenvalue weighted by Gasteiger charge is -2.01. The van der Waals surface area contributed by atoms with E-state index in [9.17, 15) is 4.79 Å². The predicted octanol–water partition coefficient (Wildman–Crippen LogP) is 2.53. The Morgan fingerprint density at radius 3 is 3.00 bits per heavy atom. The summed E-state index contributed by atoms with van der Waals surface area (Å²) in [6, 6.07) is 5.10. The second kappa shape index (κ2) is 4.03. The fraction of sp³-hybridized carbons (Fsp3) is 0.273. The summed E-state index contributed by atoms with van der Waals surface area (Å²) < 4.78 is 0. The Kier molecular flexibility index (Phi) is 2.73. The van der Waals surface area contributed by atoms with E-state index in [1.807, 2.05) is 6.92 Å². The van der Waals surface area contributed by atoms with E-state index < -0.39 is 0 Å². The summed E-state index contributed by atoms with van der Waals surface area (Å²) in [4.78, 5) is 18.8. The zero-order valence-electron chi connectivity index (χ0n) is 8.38. The van der Waals surface area contributed by atoms with Gasteiger partial charge in [0.2, 0.25) is 0 Å².